The van der Waals surface area contributed by atoms with E-state index in [2.05, 4.69) is 0 Å². The summed E-state index contributed by atoms with van der Waals surface area (Å²) in [4.78, 5) is 0. The zero-order valence-electron chi connectivity index (χ0n) is 16.6. The molecule has 0 saturated heterocycles. The van der Waals surface area contributed by atoms with Crippen molar-refractivity contribution in [1.29, 1.82) is 0 Å². The van der Waals surface area contributed by atoms with Gasteiger partial charge in [-0.05, 0) is 24.3 Å². The minimum absolute atomic E-state index is 0. The summed E-state index contributed by atoms with van der Waals surface area (Å²) in [5, 5.41) is 56.3. The average Bonchev–Trinajstić information content (AvgIpc) is 2.58. The largest absolute Gasteiger partial charge is 0 e. The Balaban J connectivity index is -0.000000463. The number of nitrogens with zero attached hydrogens (tertiary/aromatic N) is 6. The van der Waals surface area contributed by atoms with Crippen molar-refractivity contribution in [3.8, 4) is 0 Å². The van der Waals surface area contributed by atoms with Crippen LogP contribution in [0.5, 0.6) is 0 Å². The smallest absolute Gasteiger partial charge is 0 e. The fourth-order valence-electron chi connectivity index (χ4n) is 2.10. The third kappa shape index (κ3) is 8.72. The molecule has 2 rings (SSSR count). The Labute approximate surface area is 256 Å². The van der Waals surface area contributed by atoms with Gasteiger partial charge in [0.25, 0.3) is 0 Å². The molecule has 3 radical (unpaired) electrons. The van der Waals surface area contributed by atoms with Gasteiger partial charge in [0.05, 0.1) is 0 Å². The van der Waals surface area contributed by atoms with Crippen LogP contribution in [0.25, 0.3) is 32.5 Å². The summed E-state index contributed by atoms with van der Waals surface area (Å²) in [5.41, 5.74) is 0.785. The van der Waals surface area contributed by atoms with E-state index in [9.17, 15) is 21.6 Å². The molecule has 0 N–H and O–H groups in total. The molecule has 2 aliphatic carbocycles. The zero-order valence-corrected chi connectivity index (χ0v) is 28.0. The SMILES string of the molecule is Cc1cc2c(=[N-])c(=[N-])c(C)cc=2c(=[N-])c1=[N-].[CH-]=C(C)C(=[N-])C(=[N-])[C](C)=[W].[Y].[Y].[Y]. The van der Waals surface area contributed by atoms with Gasteiger partial charge in [0.1, 0.15) is 0 Å². The average molecular weight is 778 g/mol. The summed E-state index contributed by atoms with van der Waals surface area (Å²) in [6.45, 7) is 11.7. The molecule has 0 saturated carbocycles. The van der Waals surface area contributed by atoms with Crippen LogP contribution in [0.4, 0.5) is 0 Å². The summed E-state index contributed by atoms with van der Waals surface area (Å²) in [6.07, 6.45) is 0. The maximum Gasteiger partial charge on any atom is 0 e. The first-order valence-electron chi connectivity index (χ1n) is 7.49. The van der Waals surface area contributed by atoms with E-state index < -0.39 is 0 Å². The number of aryl methyl sites for hydroxylation is 2. The molecule has 0 atom stereocenters. The third-order valence-corrected chi connectivity index (χ3v) is 4.34. The van der Waals surface area contributed by atoms with Gasteiger partial charge >= 0.3 is 71.5 Å². The van der Waals surface area contributed by atoms with Gasteiger partial charge in [0.15, 0.2) is 0 Å². The maximum absolute atomic E-state index is 9.74. The Bertz CT molecular complexity index is 1130. The van der Waals surface area contributed by atoms with Gasteiger partial charge in [-0.1, -0.05) is 23.3 Å². The zero-order chi connectivity index (χ0) is 20.3. The first-order valence-corrected chi connectivity index (χ1v) is 8.96. The normalized spacial score (nSPS) is 8.97. The molecule has 0 amide bonds. The van der Waals surface area contributed by atoms with Crippen molar-refractivity contribution in [2.75, 3.05) is 0 Å². The molecule has 0 spiro atoms. The van der Waals surface area contributed by atoms with Crippen molar-refractivity contribution in [1.82, 2.24) is 0 Å². The minimum atomic E-state index is -0.284. The molecule has 2 aliphatic rings. The molecule has 0 aliphatic heterocycles. The van der Waals surface area contributed by atoms with E-state index in [0.29, 0.717) is 21.6 Å². The van der Waals surface area contributed by atoms with Crippen LogP contribution in [-0.2, 0) is 117 Å². The predicted octanol–water partition coefficient (Wildman–Crippen LogP) is 0.902. The van der Waals surface area contributed by atoms with E-state index in [1.54, 1.807) is 20.8 Å². The van der Waals surface area contributed by atoms with E-state index >= 15 is 0 Å². The van der Waals surface area contributed by atoms with Crippen LogP contribution in [0.2, 0.25) is 0 Å². The second-order valence-corrected chi connectivity index (χ2v) is 8.01. The van der Waals surface area contributed by atoms with Gasteiger partial charge in [0.2, 0.25) is 0 Å². The van der Waals surface area contributed by atoms with Gasteiger partial charge < -0.3 is 21.6 Å². The van der Waals surface area contributed by atoms with Crippen LogP contribution < -0.4 is 21.4 Å². The fraction of sp³-hybridized carbons (Fsp3) is 0.211. The van der Waals surface area contributed by atoms with Crippen LogP contribution in [-0.4, -0.2) is 15.3 Å². The summed E-state index contributed by atoms with van der Waals surface area (Å²) >= 11 is 1.11. The Morgan fingerprint density at radius 1 is 0.724 bits per heavy atom. The molecular formula is C19H15N6WY3-7. The molecule has 0 unspecified atom stereocenters. The second-order valence-electron chi connectivity index (χ2n) is 5.81. The van der Waals surface area contributed by atoms with Crippen molar-refractivity contribution in [3.63, 3.8) is 0 Å². The van der Waals surface area contributed by atoms with Crippen molar-refractivity contribution < 1.29 is 117 Å². The van der Waals surface area contributed by atoms with E-state index in [-0.39, 0.29) is 137 Å². The molecule has 6 nitrogen and oxygen atoms in total. The molecule has 0 aromatic carbocycles. The van der Waals surface area contributed by atoms with E-state index in [4.69, 9.17) is 17.4 Å². The number of hydrogen-bond acceptors (Lipinski definition) is 0. The number of allylic oxidation sites excluding steroid dienone is 1. The van der Waals surface area contributed by atoms with Gasteiger partial charge in [-0.15, -0.1) is 0 Å². The Hall–Kier alpha value is 0.850. The van der Waals surface area contributed by atoms with Crippen molar-refractivity contribution in [2.45, 2.75) is 27.7 Å². The van der Waals surface area contributed by atoms with E-state index in [1.807, 2.05) is 0 Å². The summed E-state index contributed by atoms with van der Waals surface area (Å²) in [7, 11) is 0. The summed E-state index contributed by atoms with van der Waals surface area (Å²) < 4.78 is 0.724. The molecule has 0 aromatic heterocycles. The third-order valence-electron chi connectivity index (χ3n) is 3.65. The molecule has 0 heterocycles. The van der Waals surface area contributed by atoms with Gasteiger partial charge in [-0.25, -0.2) is 0 Å². The first kappa shape index (κ1) is 34.5. The van der Waals surface area contributed by atoms with Crippen LogP contribution in [0.3, 0.4) is 0 Å². The molecule has 0 fully saturated rings. The quantitative estimate of drug-likeness (QED) is 0.324. The van der Waals surface area contributed by atoms with Crippen LogP contribution in [0, 0.1) is 30.9 Å². The van der Waals surface area contributed by atoms with Crippen molar-refractivity contribution in [2.24, 2.45) is 0 Å². The van der Waals surface area contributed by atoms with Gasteiger partial charge in [0, 0.05) is 98.1 Å². The summed E-state index contributed by atoms with van der Waals surface area (Å²) in [5.74, 6) is 0. The molecule has 143 valence electrons. The van der Waals surface area contributed by atoms with E-state index in [1.165, 1.54) is 19.1 Å². The first-order chi connectivity index (χ1) is 11.9. The predicted molar refractivity (Wildman–Crippen MR) is 100 cm³/mol. The summed E-state index contributed by atoms with van der Waals surface area (Å²) in [6, 6.07) is 3.03. The fourth-order valence-corrected chi connectivity index (χ4v) is 2.45. The second kappa shape index (κ2) is 14.8. The van der Waals surface area contributed by atoms with Crippen LogP contribution >= 0.6 is 0 Å². The van der Waals surface area contributed by atoms with Crippen LogP contribution in [0.1, 0.15) is 25.0 Å². The van der Waals surface area contributed by atoms with E-state index in [0.717, 1.165) is 23.3 Å². The Kier molecular flexibility index (Phi) is 17.6. The monoisotopic (exact) mass is 778 g/mol. The maximum atomic E-state index is 9.74. The number of rotatable bonds is 3. The molecule has 29 heavy (non-hydrogen) atoms. The van der Waals surface area contributed by atoms with Gasteiger partial charge in [-0.3, -0.25) is 0 Å². The molecule has 10 heteroatoms. The topological polar surface area (TPSA) is 134 Å². The Morgan fingerprint density at radius 2 is 1.03 bits per heavy atom. The van der Waals surface area contributed by atoms with Crippen molar-refractivity contribution >= 4 is 15.3 Å². The van der Waals surface area contributed by atoms with Crippen molar-refractivity contribution in [3.05, 3.63) is 99.7 Å². The van der Waals surface area contributed by atoms with Crippen LogP contribution in [0.15, 0.2) is 17.7 Å². The molecule has 0 bridgehead atoms. The molecule has 0 aromatic rings. The molecular weight excluding hydrogens is 763 g/mol. The van der Waals surface area contributed by atoms with Gasteiger partial charge in [-0.2, -0.15) is 21.4 Å². The standard InChI is InChI=1S/C12H8N4.C7H7N2.W.3Y/c1-5-3-7-8(11(15)9(5)13)4-6(2)10(14)12(7)16;1-4-6(8)7(9)5(2)3;;;;/h3-4H,1-2H3;2H,1,3H3;;;;/q-4;-3;;;;. The number of hydrogen-bond donors (Lipinski definition) is 0. The minimum Gasteiger partial charge on any atom is 0 e. The Morgan fingerprint density at radius 3 is 1.24 bits per heavy atom.